The normalized spacial score (nSPS) is 33.0. The van der Waals surface area contributed by atoms with E-state index in [2.05, 4.69) is 41.2 Å². The maximum Gasteiger partial charge on any atom is 0.311 e. The van der Waals surface area contributed by atoms with Gasteiger partial charge in [0.2, 0.25) is 11.8 Å². The van der Waals surface area contributed by atoms with Crippen LogP contribution in [0.3, 0.4) is 0 Å². The second-order valence-corrected chi connectivity index (χ2v) is 14.4. The molecule has 3 aliphatic heterocycles. The summed E-state index contributed by atoms with van der Waals surface area (Å²) in [6.07, 6.45) is 3.91. The van der Waals surface area contributed by atoms with Gasteiger partial charge in [-0.2, -0.15) is 0 Å². The molecule has 0 aromatic heterocycles. The Labute approximate surface area is 215 Å². The number of carbonyl (C=O) groups excluding carboxylic acids is 3. The average Bonchev–Trinajstić information content (AvgIpc) is 3.30. The number of aliphatic hydroxyl groups is 1. The molecule has 0 aliphatic carbocycles. The molecule has 0 radical (unpaired) electrons. The SMILES string of the molecule is C=CCN(C(=O)C1N([C@H](C)CO)C(=O)[C@@H]2[C@H](C(=O)OCC)[C@]3(C)CCC12S3)C(C)(C)CC(C)(C)C. The molecule has 3 aliphatic rings. The summed E-state index contributed by atoms with van der Waals surface area (Å²) < 4.78 is 4.25. The molecule has 0 aromatic carbocycles. The number of ether oxygens (including phenoxy) is 1. The van der Waals surface area contributed by atoms with E-state index in [1.165, 1.54) is 0 Å². The zero-order chi connectivity index (χ0) is 26.6. The van der Waals surface area contributed by atoms with E-state index < -0.39 is 39.0 Å². The number of carbonyl (C=O) groups is 3. The molecule has 8 heteroatoms. The summed E-state index contributed by atoms with van der Waals surface area (Å²) in [7, 11) is 0. The molecule has 2 amide bonds. The fraction of sp³-hybridized carbons (Fsp3) is 0.815. The first kappa shape index (κ1) is 28.0. The average molecular weight is 509 g/mol. The van der Waals surface area contributed by atoms with Crippen LogP contribution in [0.15, 0.2) is 12.7 Å². The van der Waals surface area contributed by atoms with Crippen LogP contribution >= 0.6 is 11.8 Å². The molecule has 3 fully saturated rings. The lowest BCUT2D eigenvalue weighted by atomic mass is 9.66. The van der Waals surface area contributed by atoms with Crippen LogP contribution in [0, 0.1) is 17.3 Å². The minimum absolute atomic E-state index is 0.0172. The van der Waals surface area contributed by atoms with E-state index in [1.54, 1.807) is 36.6 Å². The van der Waals surface area contributed by atoms with E-state index in [4.69, 9.17) is 4.74 Å². The molecule has 1 N–H and O–H groups in total. The van der Waals surface area contributed by atoms with Crippen molar-refractivity contribution in [3.8, 4) is 0 Å². The summed E-state index contributed by atoms with van der Waals surface area (Å²) in [5.74, 6) is -1.94. The number of nitrogens with zero attached hydrogens (tertiary/aromatic N) is 2. The van der Waals surface area contributed by atoms with Crippen molar-refractivity contribution < 1.29 is 24.2 Å². The highest BCUT2D eigenvalue weighted by Gasteiger charge is 2.78. The first-order chi connectivity index (χ1) is 16.1. The first-order valence-corrected chi connectivity index (χ1v) is 13.6. The lowest BCUT2D eigenvalue weighted by Crippen LogP contribution is -2.61. The van der Waals surface area contributed by atoms with Gasteiger partial charge in [0.1, 0.15) is 6.04 Å². The maximum absolute atomic E-state index is 14.5. The van der Waals surface area contributed by atoms with E-state index in [9.17, 15) is 19.5 Å². The van der Waals surface area contributed by atoms with Crippen LogP contribution in [-0.2, 0) is 19.1 Å². The smallest absolute Gasteiger partial charge is 0.311 e. The number of hydrogen-bond donors (Lipinski definition) is 1. The Morgan fingerprint density at radius 3 is 2.46 bits per heavy atom. The van der Waals surface area contributed by atoms with Crippen LogP contribution in [0.1, 0.15) is 74.7 Å². The van der Waals surface area contributed by atoms with Gasteiger partial charge in [-0.25, -0.2) is 0 Å². The van der Waals surface area contributed by atoms with Crippen LogP contribution in [-0.4, -0.2) is 79.6 Å². The van der Waals surface area contributed by atoms with Gasteiger partial charge in [-0.1, -0.05) is 26.8 Å². The Bertz CT molecular complexity index is 883. The number of esters is 1. The summed E-state index contributed by atoms with van der Waals surface area (Å²) >= 11 is 1.63. The zero-order valence-electron chi connectivity index (χ0n) is 22.7. The van der Waals surface area contributed by atoms with Crippen LogP contribution in [0.2, 0.25) is 0 Å². The van der Waals surface area contributed by atoms with Crippen molar-refractivity contribution in [3.05, 3.63) is 12.7 Å². The third kappa shape index (κ3) is 4.54. The minimum atomic E-state index is -0.757. The summed E-state index contributed by atoms with van der Waals surface area (Å²) in [6.45, 7) is 20.4. The Morgan fingerprint density at radius 1 is 1.31 bits per heavy atom. The molecule has 1 spiro atoms. The van der Waals surface area contributed by atoms with Crippen molar-refractivity contribution in [2.24, 2.45) is 17.3 Å². The van der Waals surface area contributed by atoms with Gasteiger partial charge in [0.15, 0.2) is 0 Å². The molecule has 2 unspecified atom stereocenters. The van der Waals surface area contributed by atoms with E-state index >= 15 is 0 Å². The lowest BCUT2D eigenvalue weighted by molar-refractivity contribution is -0.155. The molecule has 0 saturated carbocycles. The zero-order valence-corrected chi connectivity index (χ0v) is 23.5. The Morgan fingerprint density at radius 2 is 1.94 bits per heavy atom. The fourth-order valence-electron chi connectivity index (χ4n) is 7.10. The van der Waals surface area contributed by atoms with Crippen LogP contribution < -0.4 is 0 Å². The monoisotopic (exact) mass is 508 g/mol. The van der Waals surface area contributed by atoms with Gasteiger partial charge in [0, 0.05) is 16.8 Å². The van der Waals surface area contributed by atoms with Crippen LogP contribution in [0.25, 0.3) is 0 Å². The van der Waals surface area contributed by atoms with Gasteiger partial charge in [0.05, 0.1) is 35.8 Å². The van der Waals surface area contributed by atoms with Gasteiger partial charge in [-0.3, -0.25) is 14.4 Å². The molecule has 2 bridgehead atoms. The first-order valence-electron chi connectivity index (χ1n) is 12.8. The number of rotatable bonds is 9. The van der Waals surface area contributed by atoms with Crippen LogP contribution in [0.5, 0.6) is 0 Å². The number of likely N-dealkylation sites (tertiary alicyclic amines) is 1. The standard InChI is InChI=1S/C27H44N2O5S/c1-10-14-28(25(7,8)16-24(4,5)6)22(32)20-27-13-12-26(9,35-27)19(23(33)34-11-2)18(27)21(31)29(20)17(3)15-30/h10,17-20,30H,1,11-16H2,2-9H3/t17-,18+,19-,20?,26+,27?/m1/s1. The highest BCUT2D eigenvalue weighted by Crippen LogP contribution is 2.71. The lowest BCUT2D eigenvalue weighted by Gasteiger charge is -2.46. The van der Waals surface area contributed by atoms with E-state index in [0.717, 1.165) is 12.8 Å². The van der Waals surface area contributed by atoms with Crippen molar-refractivity contribution in [1.82, 2.24) is 9.80 Å². The molecule has 3 saturated heterocycles. The Balaban J connectivity index is 2.13. The molecule has 198 valence electrons. The van der Waals surface area contributed by atoms with Gasteiger partial charge in [-0.05, 0) is 59.3 Å². The van der Waals surface area contributed by atoms with Gasteiger partial charge < -0.3 is 19.6 Å². The fourth-order valence-corrected chi connectivity index (χ4v) is 9.43. The molecule has 7 nitrogen and oxygen atoms in total. The third-order valence-corrected chi connectivity index (χ3v) is 9.99. The van der Waals surface area contributed by atoms with Gasteiger partial charge in [-0.15, -0.1) is 18.3 Å². The van der Waals surface area contributed by atoms with E-state index in [0.29, 0.717) is 13.0 Å². The minimum Gasteiger partial charge on any atom is -0.466 e. The number of fused-ring (bicyclic) bond motifs is 1. The quantitative estimate of drug-likeness (QED) is 0.378. The highest BCUT2D eigenvalue weighted by atomic mass is 32.2. The van der Waals surface area contributed by atoms with Crippen molar-refractivity contribution >= 4 is 29.5 Å². The second-order valence-electron chi connectivity index (χ2n) is 12.5. The van der Waals surface area contributed by atoms with E-state index in [1.807, 2.05) is 11.8 Å². The second kappa shape index (κ2) is 9.40. The number of hydrogen-bond acceptors (Lipinski definition) is 6. The highest BCUT2D eigenvalue weighted by molar-refractivity contribution is 8.02. The van der Waals surface area contributed by atoms with Crippen molar-refractivity contribution in [1.29, 1.82) is 0 Å². The van der Waals surface area contributed by atoms with Crippen molar-refractivity contribution in [2.45, 2.75) is 102 Å². The number of aliphatic hydroxyl groups excluding tert-OH is 1. The van der Waals surface area contributed by atoms with E-state index in [-0.39, 0.29) is 36.4 Å². The Kier molecular flexibility index (Phi) is 7.53. The van der Waals surface area contributed by atoms with Crippen molar-refractivity contribution in [2.75, 3.05) is 19.8 Å². The number of amides is 2. The maximum atomic E-state index is 14.5. The predicted molar refractivity (Wildman–Crippen MR) is 139 cm³/mol. The summed E-state index contributed by atoms with van der Waals surface area (Å²) in [6, 6.07) is -1.30. The summed E-state index contributed by atoms with van der Waals surface area (Å²) in [5, 5.41) is 10.1. The topological polar surface area (TPSA) is 87.2 Å². The number of thioether (sulfide) groups is 1. The third-order valence-electron chi connectivity index (χ3n) is 8.00. The van der Waals surface area contributed by atoms with Gasteiger partial charge >= 0.3 is 5.97 Å². The molecular formula is C27H44N2O5S. The largest absolute Gasteiger partial charge is 0.466 e. The molecule has 3 heterocycles. The predicted octanol–water partition coefficient (Wildman–Crippen LogP) is 3.64. The molecular weight excluding hydrogens is 464 g/mol. The van der Waals surface area contributed by atoms with Crippen LogP contribution in [0.4, 0.5) is 0 Å². The molecule has 6 atom stereocenters. The Hall–Kier alpha value is -1.54. The molecule has 0 aromatic rings. The molecule has 35 heavy (non-hydrogen) atoms. The van der Waals surface area contributed by atoms with Gasteiger partial charge in [0.25, 0.3) is 0 Å². The summed E-state index contributed by atoms with van der Waals surface area (Å²) in [5.41, 5.74) is -0.502. The molecule has 3 rings (SSSR count). The summed E-state index contributed by atoms with van der Waals surface area (Å²) in [4.78, 5) is 45.1. The van der Waals surface area contributed by atoms with Crippen molar-refractivity contribution in [3.63, 3.8) is 0 Å².